The van der Waals surface area contributed by atoms with Crippen LogP contribution in [0, 0.1) is 0 Å². The van der Waals surface area contributed by atoms with Crippen molar-refractivity contribution in [3.63, 3.8) is 0 Å². The maximum atomic E-state index is 13.6. The minimum Gasteiger partial charge on any atom is -0.354 e. The third-order valence-electron chi connectivity index (χ3n) is 5.68. The summed E-state index contributed by atoms with van der Waals surface area (Å²) in [5.74, 6) is -0.297. The lowest BCUT2D eigenvalue weighted by Gasteiger charge is -2.32. The molecule has 0 saturated carbocycles. The highest BCUT2D eigenvalue weighted by Crippen LogP contribution is 2.27. The summed E-state index contributed by atoms with van der Waals surface area (Å²) in [6, 6.07) is 24.2. The average molecular weight is 497 g/mol. The molecule has 0 aliphatic rings. The lowest BCUT2D eigenvalue weighted by Crippen LogP contribution is -2.50. The molecule has 0 spiro atoms. The molecule has 4 nitrogen and oxygen atoms in total. The molecule has 0 aliphatic carbocycles. The van der Waals surface area contributed by atoms with E-state index in [1.807, 2.05) is 67.6 Å². The molecule has 1 atom stereocenters. The van der Waals surface area contributed by atoms with Gasteiger partial charge in [-0.2, -0.15) is 0 Å². The fourth-order valence-corrected chi connectivity index (χ4v) is 4.33. The summed E-state index contributed by atoms with van der Waals surface area (Å²) in [6.07, 6.45) is 2.07. The second-order valence-electron chi connectivity index (χ2n) is 8.20. The van der Waals surface area contributed by atoms with Crippen molar-refractivity contribution in [2.45, 2.75) is 45.2 Å². The molecule has 0 heterocycles. The van der Waals surface area contributed by atoms with E-state index in [-0.39, 0.29) is 24.8 Å². The highest BCUT2D eigenvalue weighted by Gasteiger charge is 2.31. The fraction of sp³-hybridized carbons (Fsp3) is 0.286. The van der Waals surface area contributed by atoms with Crippen LogP contribution in [-0.4, -0.2) is 29.3 Å². The van der Waals surface area contributed by atoms with Crippen LogP contribution in [0.2, 0.25) is 10.0 Å². The summed E-state index contributed by atoms with van der Waals surface area (Å²) in [5.41, 5.74) is 2.69. The third kappa shape index (κ3) is 7.34. The van der Waals surface area contributed by atoms with E-state index in [1.54, 1.807) is 23.1 Å². The Morgan fingerprint density at radius 3 is 2.03 bits per heavy atom. The number of carbonyl (C=O) groups is 2. The summed E-state index contributed by atoms with van der Waals surface area (Å²) < 4.78 is 0. The Morgan fingerprint density at radius 1 is 0.853 bits per heavy atom. The van der Waals surface area contributed by atoms with Gasteiger partial charge in [-0.05, 0) is 36.1 Å². The Hall–Kier alpha value is -2.82. The molecule has 0 bridgehead atoms. The van der Waals surface area contributed by atoms with E-state index < -0.39 is 6.04 Å². The van der Waals surface area contributed by atoms with Crippen LogP contribution >= 0.6 is 23.2 Å². The van der Waals surface area contributed by atoms with Crippen molar-refractivity contribution >= 4 is 35.0 Å². The average Bonchev–Trinajstić information content (AvgIpc) is 2.86. The monoisotopic (exact) mass is 496 g/mol. The van der Waals surface area contributed by atoms with E-state index in [4.69, 9.17) is 23.2 Å². The Morgan fingerprint density at radius 2 is 1.44 bits per heavy atom. The zero-order valence-corrected chi connectivity index (χ0v) is 20.9. The molecule has 178 valence electrons. The topological polar surface area (TPSA) is 49.4 Å². The SMILES string of the molecule is CCCNC(=O)C(Cc1ccccc1)N(Cc1c(Cl)cccc1Cl)C(=O)CCc1ccccc1. The third-order valence-corrected chi connectivity index (χ3v) is 6.39. The van der Waals surface area contributed by atoms with Crippen LogP contribution in [0.15, 0.2) is 78.9 Å². The molecule has 0 radical (unpaired) electrons. The fourth-order valence-electron chi connectivity index (χ4n) is 3.81. The lowest BCUT2D eigenvalue weighted by molar-refractivity contribution is -0.141. The number of aryl methyl sites for hydroxylation is 1. The highest BCUT2D eigenvalue weighted by atomic mass is 35.5. The van der Waals surface area contributed by atoms with Gasteiger partial charge in [0.15, 0.2) is 0 Å². The van der Waals surface area contributed by atoms with Crippen molar-refractivity contribution in [3.05, 3.63) is 106 Å². The maximum Gasteiger partial charge on any atom is 0.243 e. The van der Waals surface area contributed by atoms with Gasteiger partial charge in [-0.1, -0.05) is 96.9 Å². The molecule has 3 rings (SSSR count). The summed E-state index contributed by atoms with van der Waals surface area (Å²) in [7, 11) is 0. The number of hydrogen-bond acceptors (Lipinski definition) is 2. The van der Waals surface area contributed by atoms with Crippen molar-refractivity contribution in [1.29, 1.82) is 0 Å². The van der Waals surface area contributed by atoms with Crippen molar-refractivity contribution < 1.29 is 9.59 Å². The largest absolute Gasteiger partial charge is 0.354 e. The number of amides is 2. The first-order chi connectivity index (χ1) is 16.5. The zero-order valence-electron chi connectivity index (χ0n) is 19.3. The molecule has 2 amide bonds. The minimum atomic E-state index is -0.690. The van der Waals surface area contributed by atoms with Gasteiger partial charge in [0.25, 0.3) is 0 Å². The van der Waals surface area contributed by atoms with Crippen LogP contribution in [0.5, 0.6) is 0 Å². The van der Waals surface area contributed by atoms with E-state index >= 15 is 0 Å². The van der Waals surface area contributed by atoms with Crippen LogP contribution in [0.25, 0.3) is 0 Å². The van der Waals surface area contributed by atoms with Gasteiger partial charge in [-0.15, -0.1) is 0 Å². The number of carbonyl (C=O) groups excluding carboxylic acids is 2. The van der Waals surface area contributed by atoms with Crippen molar-refractivity contribution in [3.8, 4) is 0 Å². The number of nitrogens with one attached hydrogen (secondary N) is 1. The van der Waals surface area contributed by atoms with Crippen molar-refractivity contribution in [2.24, 2.45) is 0 Å². The number of nitrogens with zero attached hydrogens (tertiary/aromatic N) is 1. The van der Waals surface area contributed by atoms with E-state index in [2.05, 4.69) is 5.32 Å². The first-order valence-corrected chi connectivity index (χ1v) is 12.3. The molecular weight excluding hydrogens is 467 g/mol. The molecule has 1 unspecified atom stereocenters. The number of rotatable bonds is 11. The smallest absolute Gasteiger partial charge is 0.243 e. The molecule has 0 aromatic heterocycles. The molecule has 0 saturated heterocycles. The molecule has 0 fully saturated rings. The number of benzene rings is 3. The van der Waals surface area contributed by atoms with Gasteiger partial charge in [0.2, 0.25) is 11.8 Å². The molecule has 3 aromatic carbocycles. The van der Waals surface area contributed by atoms with Gasteiger partial charge < -0.3 is 10.2 Å². The van der Waals surface area contributed by atoms with Gasteiger partial charge in [0, 0.05) is 41.5 Å². The lowest BCUT2D eigenvalue weighted by atomic mass is 10.0. The molecule has 0 aliphatic heterocycles. The van der Waals surface area contributed by atoms with E-state index in [9.17, 15) is 9.59 Å². The van der Waals surface area contributed by atoms with Gasteiger partial charge in [0.05, 0.1) is 0 Å². The molecule has 34 heavy (non-hydrogen) atoms. The van der Waals surface area contributed by atoms with Gasteiger partial charge in [-0.3, -0.25) is 9.59 Å². The zero-order chi connectivity index (χ0) is 24.3. The second-order valence-corrected chi connectivity index (χ2v) is 9.02. The van der Waals surface area contributed by atoms with Crippen LogP contribution in [0.1, 0.15) is 36.5 Å². The Bertz CT molecular complexity index is 1050. The maximum absolute atomic E-state index is 13.6. The second kappa shape index (κ2) is 13.2. The predicted octanol–water partition coefficient (Wildman–Crippen LogP) is 6.09. The predicted molar refractivity (Wildman–Crippen MR) is 139 cm³/mol. The Kier molecular flexibility index (Phi) is 9.99. The quantitative estimate of drug-likeness (QED) is 0.349. The van der Waals surface area contributed by atoms with Crippen LogP contribution in [0.3, 0.4) is 0 Å². The molecular formula is C28H30Cl2N2O2. The van der Waals surface area contributed by atoms with Crippen molar-refractivity contribution in [2.75, 3.05) is 6.54 Å². The normalized spacial score (nSPS) is 11.6. The van der Waals surface area contributed by atoms with Crippen molar-refractivity contribution in [1.82, 2.24) is 10.2 Å². The first kappa shape index (κ1) is 25.8. The van der Waals surface area contributed by atoms with Crippen LogP contribution < -0.4 is 5.32 Å². The first-order valence-electron chi connectivity index (χ1n) is 11.6. The Labute approximate surface area is 211 Å². The summed E-state index contributed by atoms with van der Waals surface area (Å²) >= 11 is 12.9. The highest BCUT2D eigenvalue weighted by molar-refractivity contribution is 6.36. The van der Waals surface area contributed by atoms with E-state index in [0.29, 0.717) is 35.0 Å². The standard InChI is InChI=1S/C28H30Cl2N2O2/c1-2-18-31-28(34)26(19-22-12-7-4-8-13-22)32(20-23-24(29)14-9-15-25(23)30)27(33)17-16-21-10-5-3-6-11-21/h3-15,26H,2,16-20H2,1H3,(H,31,34). The summed E-state index contributed by atoms with van der Waals surface area (Å²) in [4.78, 5) is 28.6. The number of hydrogen-bond donors (Lipinski definition) is 1. The minimum absolute atomic E-state index is 0.118. The van der Waals surface area contributed by atoms with E-state index in [1.165, 1.54) is 0 Å². The molecule has 1 N–H and O–H groups in total. The van der Waals surface area contributed by atoms with Gasteiger partial charge in [-0.25, -0.2) is 0 Å². The van der Waals surface area contributed by atoms with Gasteiger partial charge >= 0.3 is 0 Å². The van der Waals surface area contributed by atoms with Gasteiger partial charge in [0.1, 0.15) is 6.04 Å². The van der Waals surface area contributed by atoms with Crippen LogP contribution in [0.4, 0.5) is 0 Å². The summed E-state index contributed by atoms with van der Waals surface area (Å²) in [5, 5.41) is 3.92. The summed E-state index contributed by atoms with van der Waals surface area (Å²) in [6.45, 7) is 2.70. The molecule has 3 aromatic rings. The van der Waals surface area contributed by atoms with Crippen LogP contribution in [-0.2, 0) is 29.0 Å². The molecule has 6 heteroatoms. The Balaban J connectivity index is 1.93. The number of halogens is 2. The van der Waals surface area contributed by atoms with E-state index in [0.717, 1.165) is 17.5 Å².